The van der Waals surface area contributed by atoms with Crippen LogP contribution in [0.4, 0.5) is 0 Å². The van der Waals surface area contributed by atoms with Gasteiger partial charge in [0.1, 0.15) is 5.75 Å². The van der Waals surface area contributed by atoms with Gasteiger partial charge in [0, 0.05) is 32.1 Å². The highest BCUT2D eigenvalue weighted by molar-refractivity contribution is 5.94. The SMILES string of the molecule is Cc1nc(COc2ccc(C(=O)N3CCN(C)CC3c3ccccc3)cc2)no1. The van der Waals surface area contributed by atoms with E-state index in [0.717, 1.165) is 18.7 Å². The van der Waals surface area contributed by atoms with Crippen LogP contribution in [0.3, 0.4) is 0 Å². The number of likely N-dealkylation sites (N-methyl/N-ethyl adjacent to an activating group) is 1. The van der Waals surface area contributed by atoms with E-state index in [1.54, 1.807) is 31.2 Å². The van der Waals surface area contributed by atoms with Gasteiger partial charge in [-0.15, -0.1) is 0 Å². The third-order valence-corrected chi connectivity index (χ3v) is 5.07. The molecule has 1 aliphatic heterocycles. The number of piperazine rings is 1. The largest absolute Gasteiger partial charge is 0.485 e. The predicted octanol–water partition coefficient (Wildman–Crippen LogP) is 3.09. The number of carbonyl (C=O) groups excluding carboxylic acids is 1. The summed E-state index contributed by atoms with van der Waals surface area (Å²) in [6, 6.07) is 17.5. The summed E-state index contributed by atoms with van der Waals surface area (Å²) in [5, 5.41) is 3.81. The summed E-state index contributed by atoms with van der Waals surface area (Å²) in [5.41, 5.74) is 1.81. The summed E-state index contributed by atoms with van der Waals surface area (Å²) in [5.74, 6) is 1.68. The van der Waals surface area contributed by atoms with Crippen molar-refractivity contribution in [3.05, 3.63) is 77.4 Å². The monoisotopic (exact) mass is 392 g/mol. The first kappa shape index (κ1) is 19.1. The minimum absolute atomic E-state index is 0.0345. The molecule has 2 aromatic carbocycles. The highest BCUT2D eigenvalue weighted by Crippen LogP contribution is 2.27. The molecule has 1 aliphatic rings. The average Bonchev–Trinajstić information content (AvgIpc) is 3.18. The van der Waals surface area contributed by atoms with E-state index in [-0.39, 0.29) is 18.6 Å². The van der Waals surface area contributed by atoms with Crippen molar-refractivity contribution < 1.29 is 14.1 Å². The number of hydrogen-bond donors (Lipinski definition) is 0. The number of aromatic nitrogens is 2. The predicted molar refractivity (Wildman–Crippen MR) is 108 cm³/mol. The summed E-state index contributed by atoms with van der Waals surface area (Å²) in [4.78, 5) is 21.6. The minimum atomic E-state index is 0.0345. The van der Waals surface area contributed by atoms with Crippen molar-refractivity contribution in [1.29, 1.82) is 0 Å². The maximum atomic E-state index is 13.2. The van der Waals surface area contributed by atoms with E-state index in [1.807, 2.05) is 23.1 Å². The lowest BCUT2D eigenvalue weighted by molar-refractivity contribution is 0.0498. The molecule has 1 aromatic heterocycles. The van der Waals surface area contributed by atoms with Crippen LogP contribution in [-0.4, -0.2) is 52.5 Å². The van der Waals surface area contributed by atoms with Crippen molar-refractivity contribution in [1.82, 2.24) is 19.9 Å². The Bertz CT molecular complexity index is 956. The lowest BCUT2D eigenvalue weighted by atomic mass is 10.0. The Balaban J connectivity index is 1.46. The van der Waals surface area contributed by atoms with E-state index in [4.69, 9.17) is 9.26 Å². The number of carbonyl (C=O) groups is 1. The molecule has 4 rings (SSSR count). The van der Waals surface area contributed by atoms with Gasteiger partial charge in [0.2, 0.25) is 11.7 Å². The number of rotatable bonds is 5. The third-order valence-electron chi connectivity index (χ3n) is 5.07. The molecule has 1 fully saturated rings. The van der Waals surface area contributed by atoms with Gasteiger partial charge in [-0.1, -0.05) is 35.5 Å². The van der Waals surface area contributed by atoms with Crippen LogP contribution in [-0.2, 0) is 6.61 Å². The van der Waals surface area contributed by atoms with Crippen LogP contribution < -0.4 is 4.74 Å². The van der Waals surface area contributed by atoms with Crippen molar-refractivity contribution in [2.75, 3.05) is 26.7 Å². The first-order valence-corrected chi connectivity index (χ1v) is 9.66. The van der Waals surface area contributed by atoms with Crippen LogP contribution >= 0.6 is 0 Å². The van der Waals surface area contributed by atoms with Gasteiger partial charge in [-0.3, -0.25) is 4.79 Å². The van der Waals surface area contributed by atoms with Gasteiger partial charge >= 0.3 is 0 Å². The molecule has 1 amide bonds. The van der Waals surface area contributed by atoms with Gasteiger partial charge in [0.25, 0.3) is 5.91 Å². The number of amides is 1. The molecule has 7 nitrogen and oxygen atoms in total. The van der Waals surface area contributed by atoms with Gasteiger partial charge in [0.15, 0.2) is 6.61 Å². The van der Waals surface area contributed by atoms with Crippen LogP contribution in [0.25, 0.3) is 0 Å². The Hall–Kier alpha value is -3.19. The van der Waals surface area contributed by atoms with Gasteiger partial charge in [-0.05, 0) is 36.9 Å². The Morgan fingerprint density at radius 2 is 1.90 bits per heavy atom. The molecule has 7 heteroatoms. The van der Waals surface area contributed by atoms with Crippen LogP contribution in [0.1, 0.15) is 33.7 Å². The molecule has 2 heterocycles. The molecule has 1 atom stereocenters. The number of aryl methyl sites for hydroxylation is 1. The minimum Gasteiger partial charge on any atom is -0.485 e. The number of nitrogens with zero attached hydrogens (tertiary/aromatic N) is 4. The Morgan fingerprint density at radius 3 is 2.59 bits per heavy atom. The van der Waals surface area contributed by atoms with E-state index in [2.05, 4.69) is 34.2 Å². The summed E-state index contributed by atoms with van der Waals surface area (Å²) in [7, 11) is 2.09. The Kier molecular flexibility index (Phi) is 5.57. The molecular formula is C22H24N4O3. The second kappa shape index (κ2) is 8.45. The second-order valence-electron chi connectivity index (χ2n) is 7.23. The fourth-order valence-electron chi connectivity index (χ4n) is 3.53. The fraction of sp³-hybridized carbons (Fsp3) is 0.318. The van der Waals surface area contributed by atoms with Crippen molar-refractivity contribution in [3.8, 4) is 5.75 Å². The number of hydrogen-bond acceptors (Lipinski definition) is 6. The maximum absolute atomic E-state index is 13.2. The summed E-state index contributed by atoms with van der Waals surface area (Å²) in [6.45, 7) is 4.34. The van der Waals surface area contributed by atoms with Crippen LogP contribution in [0.2, 0.25) is 0 Å². The topological polar surface area (TPSA) is 71.7 Å². The average molecular weight is 392 g/mol. The summed E-state index contributed by atoms with van der Waals surface area (Å²) < 4.78 is 10.6. The molecule has 3 aromatic rings. The molecule has 0 N–H and O–H groups in total. The summed E-state index contributed by atoms with van der Waals surface area (Å²) in [6.07, 6.45) is 0. The van der Waals surface area contributed by atoms with E-state index >= 15 is 0 Å². The van der Waals surface area contributed by atoms with Gasteiger partial charge in [0.05, 0.1) is 6.04 Å². The smallest absolute Gasteiger partial charge is 0.254 e. The van der Waals surface area contributed by atoms with Crippen molar-refractivity contribution in [2.45, 2.75) is 19.6 Å². The fourth-order valence-corrected chi connectivity index (χ4v) is 3.53. The third kappa shape index (κ3) is 4.46. The molecule has 1 saturated heterocycles. The second-order valence-corrected chi connectivity index (χ2v) is 7.23. The number of benzene rings is 2. The molecule has 0 radical (unpaired) electrons. The lowest BCUT2D eigenvalue weighted by Gasteiger charge is -2.40. The Labute approximate surface area is 169 Å². The molecule has 0 spiro atoms. The van der Waals surface area contributed by atoms with Crippen LogP contribution in [0.15, 0.2) is 59.1 Å². The quantitative estimate of drug-likeness (QED) is 0.665. The standard InChI is InChI=1S/C22H24N4O3/c1-16-23-21(24-29-16)15-28-19-10-8-18(9-11-19)22(27)26-13-12-25(2)14-20(26)17-6-4-3-5-7-17/h3-11,20H,12-15H2,1-2H3. The normalized spacial score (nSPS) is 17.3. The zero-order chi connectivity index (χ0) is 20.2. The molecule has 1 unspecified atom stereocenters. The highest BCUT2D eigenvalue weighted by atomic mass is 16.5. The van der Waals surface area contributed by atoms with Crippen molar-refractivity contribution in [3.63, 3.8) is 0 Å². The molecule has 150 valence electrons. The first-order chi connectivity index (χ1) is 14.1. The molecule has 0 aliphatic carbocycles. The van der Waals surface area contributed by atoms with E-state index in [9.17, 15) is 4.79 Å². The van der Waals surface area contributed by atoms with Gasteiger partial charge in [-0.2, -0.15) is 4.98 Å². The molecule has 29 heavy (non-hydrogen) atoms. The Morgan fingerprint density at radius 1 is 1.14 bits per heavy atom. The number of ether oxygens (including phenoxy) is 1. The maximum Gasteiger partial charge on any atom is 0.254 e. The van der Waals surface area contributed by atoms with Gasteiger partial charge < -0.3 is 19.1 Å². The van der Waals surface area contributed by atoms with Crippen LogP contribution in [0, 0.1) is 6.92 Å². The molecule has 0 bridgehead atoms. The van der Waals surface area contributed by atoms with E-state index in [1.165, 1.54) is 0 Å². The van der Waals surface area contributed by atoms with Crippen LogP contribution in [0.5, 0.6) is 5.75 Å². The van der Waals surface area contributed by atoms with Crippen molar-refractivity contribution >= 4 is 5.91 Å². The highest BCUT2D eigenvalue weighted by Gasteiger charge is 2.30. The zero-order valence-electron chi connectivity index (χ0n) is 16.6. The lowest BCUT2D eigenvalue weighted by Crippen LogP contribution is -2.49. The summed E-state index contributed by atoms with van der Waals surface area (Å²) >= 11 is 0. The molecule has 0 saturated carbocycles. The van der Waals surface area contributed by atoms with E-state index in [0.29, 0.717) is 29.6 Å². The van der Waals surface area contributed by atoms with Gasteiger partial charge in [-0.25, -0.2) is 0 Å². The zero-order valence-corrected chi connectivity index (χ0v) is 16.6. The first-order valence-electron chi connectivity index (χ1n) is 9.66. The van der Waals surface area contributed by atoms with E-state index < -0.39 is 0 Å². The van der Waals surface area contributed by atoms with Crippen molar-refractivity contribution in [2.24, 2.45) is 0 Å². The molecular weight excluding hydrogens is 368 g/mol.